The molecule has 19 heavy (non-hydrogen) atoms. The molecule has 1 aromatic rings. The van der Waals surface area contributed by atoms with E-state index >= 15 is 0 Å². The number of amides is 1. The number of hydrogen-bond donors (Lipinski definition) is 2. The molecule has 0 aliphatic rings. The maximum atomic E-state index is 12.9. The summed E-state index contributed by atoms with van der Waals surface area (Å²) < 4.78 is 18.2. The molecule has 104 valence electrons. The van der Waals surface area contributed by atoms with Crippen molar-refractivity contribution in [2.24, 2.45) is 0 Å². The van der Waals surface area contributed by atoms with E-state index in [4.69, 9.17) is 4.74 Å². The standard InChI is InChI=1S/C14H19FN2O2/c1-2-3-8-19-9-7-16-11-14(18)17-13-6-4-5-12(15)10-13/h2,4-6,10,16H,1,3,7-9,11H2,(H,17,18). The maximum absolute atomic E-state index is 12.9. The highest BCUT2D eigenvalue weighted by Gasteiger charge is 2.02. The Bertz CT molecular complexity index is 410. The number of carbonyl (C=O) groups is 1. The summed E-state index contributed by atoms with van der Waals surface area (Å²) >= 11 is 0. The molecule has 2 N–H and O–H groups in total. The lowest BCUT2D eigenvalue weighted by Crippen LogP contribution is -2.30. The molecule has 0 heterocycles. The highest BCUT2D eigenvalue weighted by molar-refractivity contribution is 5.92. The molecule has 1 amide bonds. The van der Waals surface area contributed by atoms with E-state index in [1.54, 1.807) is 18.2 Å². The molecule has 0 atom stereocenters. The van der Waals surface area contributed by atoms with Crippen molar-refractivity contribution in [3.63, 3.8) is 0 Å². The zero-order chi connectivity index (χ0) is 13.9. The van der Waals surface area contributed by atoms with E-state index < -0.39 is 0 Å². The summed E-state index contributed by atoms with van der Waals surface area (Å²) in [5, 5.41) is 5.54. The van der Waals surface area contributed by atoms with Gasteiger partial charge in [0.25, 0.3) is 0 Å². The summed E-state index contributed by atoms with van der Waals surface area (Å²) in [5.74, 6) is -0.585. The van der Waals surface area contributed by atoms with E-state index in [0.717, 1.165) is 6.42 Å². The van der Waals surface area contributed by atoms with E-state index in [1.807, 2.05) is 0 Å². The maximum Gasteiger partial charge on any atom is 0.238 e. The predicted octanol–water partition coefficient (Wildman–Crippen LogP) is 1.95. The lowest BCUT2D eigenvalue weighted by Gasteiger charge is -2.07. The molecule has 0 spiro atoms. The molecule has 1 rings (SSSR count). The van der Waals surface area contributed by atoms with Crippen molar-refractivity contribution in [1.82, 2.24) is 5.32 Å². The van der Waals surface area contributed by atoms with E-state index in [0.29, 0.717) is 25.4 Å². The summed E-state index contributed by atoms with van der Waals surface area (Å²) in [6.45, 7) is 5.53. The zero-order valence-electron chi connectivity index (χ0n) is 10.8. The third-order valence-electron chi connectivity index (χ3n) is 2.28. The van der Waals surface area contributed by atoms with Crippen LogP contribution in [0.2, 0.25) is 0 Å². The number of carbonyl (C=O) groups excluding carboxylic acids is 1. The van der Waals surface area contributed by atoms with Gasteiger partial charge in [0.05, 0.1) is 19.8 Å². The summed E-state index contributed by atoms with van der Waals surface area (Å²) in [7, 11) is 0. The van der Waals surface area contributed by atoms with Crippen molar-refractivity contribution in [2.45, 2.75) is 6.42 Å². The molecule has 0 aliphatic heterocycles. The number of anilines is 1. The van der Waals surface area contributed by atoms with Crippen molar-refractivity contribution in [3.8, 4) is 0 Å². The van der Waals surface area contributed by atoms with Gasteiger partial charge < -0.3 is 15.4 Å². The molecular formula is C14H19FN2O2. The van der Waals surface area contributed by atoms with Gasteiger partial charge in [-0.05, 0) is 24.6 Å². The molecular weight excluding hydrogens is 247 g/mol. The highest BCUT2D eigenvalue weighted by Crippen LogP contribution is 2.08. The number of benzene rings is 1. The van der Waals surface area contributed by atoms with Gasteiger partial charge in [-0.1, -0.05) is 12.1 Å². The minimum absolute atomic E-state index is 0.168. The first-order valence-electron chi connectivity index (χ1n) is 6.17. The van der Waals surface area contributed by atoms with Crippen LogP contribution >= 0.6 is 0 Å². The van der Waals surface area contributed by atoms with Gasteiger partial charge in [0.15, 0.2) is 0 Å². The number of ether oxygens (including phenoxy) is 1. The first kappa shape index (κ1) is 15.3. The molecule has 0 radical (unpaired) electrons. The number of rotatable bonds is 9. The summed E-state index contributed by atoms with van der Waals surface area (Å²) in [6.07, 6.45) is 2.61. The summed E-state index contributed by atoms with van der Waals surface area (Å²) in [6, 6.07) is 5.79. The second-order valence-electron chi connectivity index (χ2n) is 3.93. The Hall–Kier alpha value is -1.72. The molecule has 5 heteroatoms. The van der Waals surface area contributed by atoms with Gasteiger partial charge in [-0.2, -0.15) is 0 Å². The monoisotopic (exact) mass is 266 g/mol. The fourth-order valence-electron chi connectivity index (χ4n) is 1.39. The molecule has 0 saturated carbocycles. The highest BCUT2D eigenvalue weighted by atomic mass is 19.1. The van der Waals surface area contributed by atoms with Gasteiger partial charge in [-0.15, -0.1) is 6.58 Å². The van der Waals surface area contributed by atoms with Crippen molar-refractivity contribution in [3.05, 3.63) is 42.7 Å². The Kier molecular flexibility index (Phi) is 7.46. The molecule has 1 aromatic carbocycles. The second-order valence-corrected chi connectivity index (χ2v) is 3.93. The average Bonchev–Trinajstić information content (AvgIpc) is 2.37. The lowest BCUT2D eigenvalue weighted by molar-refractivity contribution is -0.115. The van der Waals surface area contributed by atoms with Crippen LogP contribution in [0, 0.1) is 5.82 Å². The first-order chi connectivity index (χ1) is 9.22. The predicted molar refractivity (Wildman–Crippen MR) is 73.5 cm³/mol. The smallest absolute Gasteiger partial charge is 0.238 e. The van der Waals surface area contributed by atoms with Crippen LogP contribution < -0.4 is 10.6 Å². The van der Waals surface area contributed by atoms with Crippen LogP contribution in [0.5, 0.6) is 0 Å². The second kappa shape index (κ2) is 9.24. The Labute approximate surface area is 112 Å². The van der Waals surface area contributed by atoms with E-state index in [2.05, 4.69) is 17.2 Å². The molecule has 0 saturated heterocycles. The van der Waals surface area contributed by atoms with Gasteiger partial charge in [0.2, 0.25) is 5.91 Å². The van der Waals surface area contributed by atoms with E-state index in [-0.39, 0.29) is 18.3 Å². The third-order valence-corrected chi connectivity index (χ3v) is 2.28. The average molecular weight is 266 g/mol. The van der Waals surface area contributed by atoms with Crippen LogP contribution in [-0.4, -0.2) is 32.2 Å². The minimum atomic E-state index is -0.374. The molecule has 0 bridgehead atoms. The topological polar surface area (TPSA) is 50.4 Å². The van der Waals surface area contributed by atoms with Crippen molar-refractivity contribution >= 4 is 11.6 Å². The van der Waals surface area contributed by atoms with Gasteiger partial charge in [-0.25, -0.2) is 4.39 Å². The van der Waals surface area contributed by atoms with Crippen molar-refractivity contribution < 1.29 is 13.9 Å². The summed E-state index contributed by atoms with van der Waals surface area (Å²) in [5.41, 5.74) is 0.453. The van der Waals surface area contributed by atoms with Gasteiger partial charge in [0, 0.05) is 12.2 Å². The minimum Gasteiger partial charge on any atom is -0.380 e. The van der Waals surface area contributed by atoms with Crippen LogP contribution in [0.3, 0.4) is 0 Å². The number of halogens is 1. The molecule has 4 nitrogen and oxygen atoms in total. The molecule has 0 fully saturated rings. The quantitative estimate of drug-likeness (QED) is 0.530. The third kappa shape index (κ3) is 7.33. The van der Waals surface area contributed by atoms with Crippen LogP contribution in [0.25, 0.3) is 0 Å². The van der Waals surface area contributed by atoms with Gasteiger partial charge >= 0.3 is 0 Å². The Morgan fingerprint density at radius 1 is 1.42 bits per heavy atom. The van der Waals surface area contributed by atoms with Gasteiger partial charge in [-0.3, -0.25) is 4.79 Å². The van der Waals surface area contributed by atoms with Crippen LogP contribution in [0.4, 0.5) is 10.1 Å². The zero-order valence-corrected chi connectivity index (χ0v) is 10.8. The SMILES string of the molecule is C=CCCOCCNCC(=O)Nc1cccc(F)c1. The van der Waals surface area contributed by atoms with Crippen LogP contribution in [0.15, 0.2) is 36.9 Å². The van der Waals surface area contributed by atoms with Crippen LogP contribution in [0.1, 0.15) is 6.42 Å². The largest absolute Gasteiger partial charge is 0.380 e. The molecule has 0 unspecified atom stereocenters. The fourth-order valence-corrected chi connectivity index (χ4v) is 1.39. The first-order valence-corrected chi connectivity index (χ1v) is 6.17. The summed E-state index contributed by atoms with van der Waals surface area (Å²) in [4.78, 5) is 11.5. The molecule has 0 aromatic heterocycles. The Balaban J connectivity index is 2.10. The van der Waals surface area contributed by atoms with E-state index in [1.165, 1.54) is 12.1 Å². The lowest BCUT2D eigenvalue weighted by atomic mass is 10.3. The van der Waals surface area contributed by atoms with Crippen molar-refractivity contribution in [2.75, 3.05) is 31.6 Å². The molecule has 0 aliphatic carbocycles. The van der Waals surface area contributed by atoms with Crippen LogP contribution in [-0.2, 0) is 9.53 Å². The number of hydrogen-bond acceptors (Lipinski definition) is 3. The fraction of sp³-hybridized carbons (Fsp3) is 0.357. The van der Waals surface area contributed by atoms with Gasteiger partial charge in [0.1, 0.15) is 5.82 Å². The van der Waals surface area contributed by atoms with Crippen molar-refractivity contribution in [1.29, 1.82) is 0 Å². The Morgan fingerprint density at radius 3 is 3.00 bits per heavy atom. The number of nitrogens with one attached hydrogen (secondary N) is 2. The normalized spacial score (nSPS) is 10.2. The van der Waals surface area contributed by atoms with E-state index in [9.17, 15) is 9.18 Å². The Morgan fingerprint density at radius 2 is 2.26 bits per heavy atom.